The maximum atomic E-state index is 13.4. The molecule has 38 heavy (non-hydrogen) atoms. The molecule has 0 bridgehead atoms. The van der Waals surface area contributed by atoms with Gasteiger partial charge in [-0.1, -0.05) is 20.8 Å². The van der Waals surface area contributed by atoms with Crippen molar-refractivity contribution >= 4 is 50.2 Å². The first-order valence-corrected chi connectivity index (χ1v) is 14.0. The molecule has 0 atom stereocenters. The first kappa shape index (κ1) is 31.3. The van der Waals surface area contributed by atoms with Crippen molar-refractivity contribution in [3.8, 4) is 5.75 Å². The zero-order valence-electron chi connectivity index (χ0n) is 23.0. The van der Waals surface area contributed by atoms with Gasteiger partial charge in [-0.3, -0.25) is 19.3 Å². The summed E-state index contributed by atoms with van der Waals surface area (Å²) in [6, 6.07) is 8.80. The Morgan fingerprint density at radius 3 is 2.37 bits per heavy atom. The summed E-state index contributed by atoms with van der Waals surface area (Å²) in [6.07, 6.45) is 1.25. The van der Waals surface area contributed by atoms with E-state index >= 15 is 0 Å². The van der Waals surface area contributed by atoms with Crippen LogP contribution >= 0.6 is 17.0 Å². The summed E-state index contributed by atoms with van der Waals surface area (Å²) in [4.78, 5) is 27.1. The molecule has 9 nitrogen and oxygen atoms in total. The Labute approximate surface area is 235 Å². The number of Topliss-reactive ketones (excluding diaryl/α,β-unsaturated/α-hetero) is 1. The van der Waals surface area contributed by atoms with Crippen molar-refractivity contribution in [3.05, 3.63) is 58.1 Å². The fraction of sp³-hybridized carbons (Fsp3) is 0.444. The average molecular weight is 610 g/mol. The molecular weight excluding hydrogens is 572 g/mol. The van der Waals surface area contributed by atoms with Gasteiger partial charge < -0.3 is 15.0 Å². The van der Waals surface area contributed by atoms with E-state index in [2.05, 4.69) is 5.32 Å². The van der Waals surface area contributed by atoms with E-state index in [0.717, 1.165) is 21.7 Å². The number of ketones is 1. The monoisotopic (exact) mass is 608 g/mol. The Bertz CT molecular complexity index is 1350. The van der Waals surface area contributed by atoms with Crippen LogP contribution in [0, 0.1) is 5.41 Å². The summed E-state index contributed by atoms with van der Waals surface area (Å²) in [5.41, 5.74) is 3.53. The van der Waals surface area contributed by atoms with E-state index < -0.39 is 10.0 Å². The standard InChI is InChI=1S/C27H36N4O5S.BrH/c1-8-36-24-12-19-15-31(26(28)22(19)11-18(24)13-25(33)29-5)16-23(32)17-9-20(27(2,3)4)14-21(10-17)30(6)37(7,34)35;/h9-12,14,28H,8,13,15-16H2,1-7H3,(H,29,33);1H. The van der Waals surface area contributed by atoms with Gasteiger partial charge in [-0.05, 0) is 53.8 Å². The zero-order valence-corrected chi connectivity index (χ0v) is 25.5. The fourth-order valence-corrected chi connectivity index (χ4v) is 4.63. The third-order valence-electron chi connectivity index (χ3n) is 6.45. The molecule has 3 rings (SSSR count). The number of carbonyl (C=O) groups excluding carboxylic acids is 2. The summed E-state index contributed by atoms with van der Waals surface area (Å²) in [5, 5.41) is 11.3. The fourth-order valence-electron chi connectivity index (χ4n) is 4.14. The van der Waals surface area contributed by atoms with Crippen LogP contribution in [0.5, 0.6) is 5.75 Å². The maximum absolute atomic E-state index is 13.4. The van der Waals surface area contributed by atoms with Gasteiger partial charge in [0.1, 0.15) is 11.6 Å². The van der Waals surface area contributed by atoms with Crippen molar-refractivity contribution < 1.29 is 22.7 Å². The summed E-state index contributed by atoms with van der Waals surface area (Å²) in [5.74, 6) is 0.413. The highest BCUT2D eigenvalue weighted by Crippen LogP contribution is 2.32. The second-order valence-corrected chi connectivity index (χ2v) is 12.3. The second-order valence-electron chi connectivity index (χ2n) is 10.3. The summed E-state index contributed by atoms with van der Waals surface area (Å²) < 4.78 is 31.3. The van der Waals surface area contributed by atoms with E-state index in [1.165, 1.54) is 7.05 Å². The molecule has 1 aliphatic rings. The number of nitrogens with zero attached hydrogens (tertiary/aromatic N) is 2. The van der Waals surface area contributed by atoms with Crippen molar-refractivity contribution in [2.45, 2.75) is 46.1 Å². The predicted molar refractivity (Wildman–Crippen MR) is 156 cm³/mol. The third-order valence-corrected chi connectivity index (χ3v) is 7.66. The third kappa shape index (κ3) is 6.93. The number of sulfonamides is 1. The molecule has 208 valence electrons. The van der Waals surface area contributed by atoms with Crippen LogP contribution in [0.3, 0.4) is 0 Å². The van der Waals surface area contributed by atoms with Crippen LogP contribution in [-0.2, 0) is 33.2 Å². The second kappa shape index (κ2) is 11.9. The maximum Gasteiger partial charge on any atom is 0.231 e. The molecule has 1 aliphatic heterocycles. The molecule has 2 N–H and O–H groups in total. The Kier molecular flexibility index (Phi) is 9.77. The van der Waals surface area contributed by atoms with Crippen LogP contribution in [0.1, 0.15) is 60.3 Å². The van der Waals surface area contributed by atoms with Crippen molar-refractivity contribution in [3.63, 3.8) is 0 Å². The smallest absolute Gasteiger partial charge is 0.231 e. The lowest BCUT2D eigenvalue weighted by molar-refractivity contribution is -0.119. The van der Waals surface area contributed by atoms with Crippen molar-refractivity contribution in [2.75, 3.05) is 37.8 Å². The van der Waals surface area contributed by atoms with Crippen LogP contribution in [0.15, 0.2) is 30.3 Å². The summed E-state index contributed by atoms with van der Waals surface area (Å²) >= 11 is 0. The number of halogens is 1. The van der Waals surface area contributed by atoms with Gasteiger partial charge in [-0.15, -0.1) is 17.0 Å². The van der Waals surface area contributed by atoms with E-state index in [1.807, 2.05) is 33.8 Å². The zero-order chi connectivity index (χ0) is 27.7. The van der Waals surface area contributed by atoms with Gasteiger partial charge in [0.25, 0.3) is 0 Å². The number of carbonyl (C=O) groups is 2. The largest absolute Gasteiger partial charge is 0.494 e. The number of nitrogens with one attached hydrogen (secondary N) is 2. The van der Waals surface area contributed by atoms with Gasteiger partial charge in [0.15, 0.2) is 5.78 Å². The van der Waals surface area contributed by atoms with Gasteiger partial charge in [-0.2, -0.15) is 0 Å². The molecule has 0 radical (unpaired) electrons. The minimum Gasteiger partial charge on any atom is -0.494 e. The molecule has 2 aromatic rings. The number of fused-ring (bicyclic) bond motifs is 1. The van der Waals surface area contributed by atoms with Gasteiger partial charge in [0.05, 0.1) is 31.5 Å². The van der Waals surface area contributed by atoms with Gasteiger partial charge in [-0.25, -0.2) is 8.42 Å². The van der Waals surface area contributed by atoms with Crippen LogP contribution in [0.2, 0.25) is 0 Å². The molecule has 0 fully saturated rings. The molecule has 11 heteroatoms. The lowest BCUT2D eigenvalue weighted by Gasteiger charge is -2.25. The highest BCUT2D eigenvalue weighted by atomic mass is 79.9. The minimum absolute atomic E-state index is 0. The first-order chi connectivity index (χ1) is 17.1. The van der Waals surface area contributed by atoms with E-state index in [4.69, 9.17) is 10.1 Å². The molecule has 0 aliphatic carbocycles. The minimum atomic E-state index is -3.51. The van der Waals surface area contributed by atoms with Crippen LogP contribution in [0.25, 0.3) is 0 Å². The topological polar surface area (TPSA) is 120 Å². The molecule has 0 saturated heterocycles. The molecule has 0 aromatic heterocycles. The number of anilines is 1. The average Bonchev–Trinajstić information content (AvgIpc) is 3.11. The molecule has 1 heterocycles. The Morgan fingerprint density at radius 1 is 1.16 bits per heavy atom. The van der Waals surface area contributed by atoms with E-state index in [1.54, 1.807) is 36.2 Å². The van der Waals surface area contributed by atoms with Crippen LogP contribution < -0.4 is 14.4 Å². The highest BCUT2D eigenvalue weighted by molar-refractivity contribution is 8.93. The first-order valence-electron chi connectivity index (χ1n) is 12.1. The molecule has 0 saturated carbocycles. The normalized spacial score (nSPS) is 13.0. The highest BCUT2D eigenvalue weighted by Gasteiger charge is 2.29. The lowest BCUT2D eigenvalue weighted by Crippen LogP contribution is -2.31. The van der Waals surface area contributed by atoms with Crippen molar-refractivity contribution in [2.24, 2.45) is 0 Å². The van der Waals surface area contributed by atoms with Crippen molar-refractivity contribution in [1.29, 1.82) is 5.41 Å². The Balaban J connectivity index is 0.00000507. The Hall–Kier alpha value is -2.92. The molecule has 2 aromatic carbocycles. The van der Waals surface area contributed by atoms with Crippen LogP contribution in [0.4, 0.5) is 5.69 Å². The van der Waals surface area contributed by atoms with Gasteiger partial charge in [0, 0.05) is 37.3 Å². The number of hydrogen-bond donors (Lipinski definition) is 2. The van der Waals surface area contributed by atoms with E-state index in [-0.39, 0.29) is 52.9 Å². The summed E-state index contributed by atoms with van der Waals surface area (Å²) in [7, 11) is -0.483. The number of benzene rings is 2. The van der Waals surface area contributed by atoms with Crippen LogP contribution in [-0.4, -0.2) is 64.3 Å². The SMILES string of the molecule is Br.CCOc1cc2c(cc1CC(=O)NC)C(=N)N(CC(=O)c1cc(N(C)S(C)(=O)=O)cc(C(C)(C)C)c1)C2. The van der Waals surface area contributed by atoms with E-state index in [0.29, 0.717) is 41.3 Å². The number of rotatable bonds is 9. The van der Waals surface area contributed by atoms with Crippen molar-refractivity contribution in [1.82, 2.24) is 10.2 Å². The number of amidine groups is 1. The predicted octanol–water partition coefficient (Wildman–Crippen LogP) is 3.67. The Morgan fingerprint density at radius 2 is 1.82 bits per heavy atom. The number of ether oxygens (including phenoxy) is 1. The molecule has 1 amide bonds. The summed E-state index contributed by atoms with van der Waals surface area (Å²) in [6.45, 7) is 8.62. The quantitative estimate of drug-likeness (QED) is 0.419. The number of amides is 1. The number of hydrogen-bond acceptors (Lipinski definition) is 6. The van der Waals surface area contributed by atoms with Gasteiger partial charge in [0.2, 0.25) is 15.9 Å². The van der Waals surface area contributed by atoms with E-state index in [9.17, 15) is 18.0 Å². The number of likely N-dealkylation sites (N-methyl/N-ethyl adjacent to an activating group) is 1. The lowest BCUT2D eigenvalue weighted by atomic mass is 9.85. The molecule has 0 spiro atoms. The van der Waals surface area contributed by atoms with Gasteiger partial charge >= 0.3 is 0 Å². The molecule has 0 unspecified atom stereocenters. The molecular formula is C27H37BrN4O5S.